The topological polar surface area (TPSA) is 63.4 Å². The van der Waals surface area contributed by atoms with Crippen LogP contribution >= 0.6 is 11.6 Å². The number of nitrogens with two attached hydrogens (primary N) is 1. The molecule has 0 spiro atoms. The van der Waals surface area contributed by atoms with Crippen LogP contribution in [-0.4, -0.2) is 25.3 Å². The second-order valence-electron chi connectivity index (χ2n) is 4.39. The lowest BCUT2D eigenvalue weighted by Gasteiger charge is -2.25. The Balaban J connectivity index is 3.22. The van der Waals surface area contributed by atoms with Crippen molar-refractivity contribution in [3.8, 4) is 0 Å². The zero-order valence-corrected chi connectivity index (χ0v) is 12.4. The molecule has 1 rings (SSSR count). The maximum atomic E-state index is 12.5. The van der Waals surface area contributed by atoms with Crippen LogP contribution in [0.4, 0.5) is 5.69 Å². The number of halogens is 1. The maximum Gasteiger partial charge on any atom is 0.243 e. The molecule has 0 bridgehead atoms. The van der Waals surface area contributed by atoms with E-state index in [4.69, 9.17) is 17.3 Å². The molecule has 0 heterocycles. The molecular formula is C12H19ClN2O2S. The molecule has 102 valence electrons. The number of nitrogens with zero attached hydrogens (tertiary/aromatic N) is 1. The summed E-state index contributed by atoms with van der Waals surface area (Å²) in [5, 5.41) is 0.362. The number of benzene rings is 1. The maximum absolute atomic E-state index is 12.5. The van der Waals surface area contributed by atoms with E-state index in [0.717, 1.165) is 6.42 Å². The first-order valence-corrected chi connectivity index (χ1v) is 7.69. The molecule has 0 saturated heterocycles. The molecule has 0 aliphatic rings. The van der Waals surface area contributed by atoms with E-state index in [1.54, 1.807) is 0 Å². The third kappa shape index (κ3) is 3.16. The Bertz CT molecular complexity index is 515. The lowest BCUT2D eigenvalue weighted by Crippen LogP contribution is -2.37. The van der Waals surface area contributed by atoms with Crippen LogP contribution in [0.5, 0.6) is 0 Å². The van der Waals surface area contributed by atoms with Crippen LogP contribution in [0.15, 0.2) is 23.1 Å². The van der Waals surface area contributed by atoms with Gasteiger partial charge in [0.15, 0.2) is 0 Å². The van der Waals surface area contributed by atoms with Gasteiger partial charge in [-0.05, 0) is 38.5 Å². The first-order chi connectivity index (χ1) is 8.30. The van der Waals surface area contributed by atoms with Gasteiger partial charge in [0.05, 0.1) is 15.6 Å². The number of sulfonamides is 1. The minimum absolute atomic E-state index is 0.0909. The Hall–Kier alpha value is -0.780. The van der Waals surface area contributed by atoms with Crippen molar-refractivity contribution in [2.24, 2.45) is 0 Å². The van der Waals surface area contributed by atoms with Gasteiger partial charge in [0.25, 0.3) is 0 Å². The fourth-order valence-corrected chi connectivity index (χ4v) is 3.58. The molecule has 0 unspecified atom stereocenters. The number of nitrogen functional groups attached to an aromatic ring is 1. The predicted octanol–water partition coefficient (Wildman–Crippen LogP) is 2.73. The monoisotopic (exact) mass is 290 g/mol. The third-order valence-corrected chi connectivity index (χ3v) is 5.01. The fourth-order valence-electron chi connectivity index (χ4n) is 1.69. The van der Waals surface area contributed by atoms with Gasteiger partial charge in [0, 0.05) is 12.6 Å². The summed E-state index contributed by atoms with van der Waals surface area (Å²) in [6.45, 7) is 6.14. The summed E-state index contributed by atoms with van der Waals surface area (Å²) >= 11 is 5.80. The van der Waals surface area contributed by atoms with Crippen LogP contribution < -0.4 is 5.73 Å². The normalized spacial score (nSPS) is 12.3. The highest BCUT2D eigenvalue weighted by Crippen LogP contribution is 2.25. The summed E-state index contributed by atoms with van der Waals surface area (Å²) in [5.41, 5.74) is 5.93. The van der Waals surface area contributed by atoms with Crippen LogP contribution in [-0.2, 0) is 10.0 Å². The van der Waals surface area contributed by atoms with Crippen LogP contribution in [0.3, 0.4) is 0 Å². The van der Waals surface area contributed by atoms with Crippen molar-refractivity contribution in [2.75, 3.05) is 12.3 Å². The molecule has 6 heteroatoms. The molecule has 0 radical (unpaired) electrons. The van der Waals surface area contributed by atoms with E-state index in [9.17, 15) is 8.42 Å². The van der Waals surface area contributed by atoms with E-state index in [1.807, 2.05) is 20.8 Å². The van der Waals surface area contributed by atoms with Crippen molar-refractivity contribution >= 4 is 27.3 Å². The summed E-state index contributed by atoms with van der Waals surface area (Å²) in [7, 11) is -3.51. The largest absolute Gasteiger partial charge is 0.397 e. The molecule has 0 aliphatic heterocycles. The molecule has 1 aromatic rings. The van der Waals surface area contributed by atoms with E-state index in [1.165, 1.54) is 22.5 Å². The van der Waals surface area contributed by atoms with Gasteiger partial charge in [-0.15, -0.1) is 0 Å². The van der Waals surface area contributed by atoms with E-state index < -0.39 is 10.0 Å². The summed E-state index contributed by atoms with van der Waals surface area (Å²) in [5.74, 6) is 0. The van der Waals surface area contributed by atoms with Gasteiger partial charge in [0.2, 0.25) is 10.0 Å². The van der Waals surface area contributed by atoms with Gasteiger partial charge in [-0.2, -0.15) is 4.31 Å². The highest BCUT2D eigenvalue weighted by Gasteiger charge is 2.26. The summed E-state index contributed by atoms with van der Waals surface area (Å²) in [6, 6.07) is 4.31. The van der Waals surface area contributed by atoms with Crippen molar-refractivity contribution in [2.45, 2.75) is 38.1 Å². The SMILES string of the molecule is CCCN(C(C)C)S(=O)(=O)c1ccc(Cl)c(N)c1. The fraction of sp³-hybridized carbons (Fsp3) is 0.500. The highest BCUT2D eigenvalue weighted by molar-refractivity contribution is 7.89. The Labute approximate surface area is 114 Å². The zero-order valence-electron chi connectivity index (χ0n) is 10.9. The number of rotatable bonds is 5. The van der Waals surface area contributed by atoms with E-state index in [0.29, 0.717) is 11.6 Å². The molecule has 18 heavy (non-hydrogen) atoms. The van der Waals surface area contributed by atoms with Crippen molar-refractivity contribution < 1.29 is 8.42 Å². The Morgan fingerprint density at radius 3 is 2.44 bits per heavy atom. The van der Waals surface area contributed by atoms with E-state index in [-0.39, 0.29) is 16.6 Å². The molecule has 0 fully saturated rings. The van der Waals surface area contributed by atoms with Crippen LogP contribution in [0.2, 0.25) is 5.02 Å². The van der Waals surface area contributed by atoms with Gasteiger partial charge < -0.3 is 5.73 Å². The second-order valence-corrected chi connectivity index (χ2v) is 6.69. The quantitative estimate of drug-likeness (QED) is 0.848. The number of hydrogen-bond acceptors (Lipinski definition) is 3. The van der Waals surface area contributed by atoms with Gasteiger partial charge in [-0.1, -0.05) is 18.5 Å². The molecule has 4 nitrogen and oxygen atoms in total. The zero-order chi connectivity index (χ0) is 13.9. The molecule has 0 aliphatic carbocycles. The molecule has 0 saturated carbocycles. The van der Waals surface area contributed by atoms with E-state index in [2.05, 4.69) is 0 Å². The Morgan fingerprint density at radius 1 is 1.39 bits per heavy atom. The molecule has 1 aromatic carbocycles. The molecule has 0 atom stereocenters. The standard InChI is InChI=1S/C12H19ClN2O2S/c1-4-7-15(9(2)3)18(16,17)10-5-6-11(13)12(14)8-10/h5-6,8-9H,4,7,14H2,1-3H3. The minimum Gasteiger partial charge on any atom is -0.397 e. The molecule has 0 aromatic heterocycles. The predicted molar refractivity (Wildman–Crippen MR) is 75.2 cm³/mol. The first kappa shape index (κ1) is 15.3. The third-order valence-electron chi connectivity index (χ3n) is 2.59. The van der Waals surface area contributed by atoms with Gasteiger partial charge in [0.1, 0.15) is 0 Å². The lowest BCUT2D eigenvalue weighted by atomic mass is 10.3. The van der Waals surface area contributed by atoms with Crippen LogP contribution in [0.1, 0.15) is 27.2 Å². The van der Waals surface area contributed by atoms with Crippen molar-refractivity contribution in [3.05, 3.63) is 23.2 Å². The summed E-state index contributed by atoms with van der Waals surface area (Å²) in [4.78, 5) is 0.187. The van der Waals surface area contributed by atoms with Crippen LogP contribution in [0, 0.1) is 0 Å². The second kappa shape index (κ2) is 5.91. The molecule has 0 amide bonds. The Kier molecular flexibility index (Phi) is 5.01. The summed E-state index contributed by atoms with van der Waals surface area (Å²) < 4.78 is 26.4. The Morgan fingerprint density at radius 2 is 2.00 bits per heavy atom. The average molecular weight is 291 g/mol. The molecule has 2 N–H and O–H groups in total. The minimum atomic E-state index is -3.51. The van der Waals surface area contributed by atoms with Gasteiger partial charge >= 0.3 is 0 Å². The van der Waals surface area contributed by atoms with Crippen LogP contribution in [0.25, 0.3) is 0 Å². The van der Waals surface area contributed by atoms with E-state index >= 15 is 0 Å². The van der Waals surface area contributed by atoms with Gasteiger partial charge in [-0.3, -0.25) is 0 Å². The first-order valence-electron chi connectivity index (χ1n) is 5.87. The van der Waals surface area contributed by atoms with Crippen molar-refractivity contribution in [1.29, 1.82) is 0 Å². The average Bonchev–Trinajstić information content (AvgIpc) is 2.28. The van der Waals surface area contributed by atoms with Crippen molar-refractivity contribution in [3.63, 3.8) is 0 Å². The summed E-state index contributed by atoms with van der Waals surface area (Å²) in [6.07, 6.45) is 0.764. The smallest absolute Gasteiger partial charge is 0.243 e. The number of hydrogen-bond donors (Lipinski definition) is 1. The van der Waals surface area contributed by atoms with Gasteiger partial charge in [-0.25, -0.2) is 8.42 Å². The van der Waals surface area contributed by atoms with Crippen molar-refractivity contribution in [1.82, 2.24) is 4.31 Å². The number of anilines is 1. The highest BCUT2D eigenvalue weighted by atomic mass is 35.5. The molecular weight excluding hydrogens is 272 g/mol. The lowest BCUT2D eigenvalue weighted by molar-refractivity contribution is 0.354.